The Morgan fingerprint density at radius 3 is 2.52 bits per heavy atom. The summed E-state index contributed by atoms with van der Waals surface area (Å²) in [5, 5.41) is 23.1. The third kappa shape index (κ3) is 7.44. The largest absolute Gasteiger partial charge is 0.458 e. The van der Waals surface area contributed by atoms with Crippen molar-refractivity contribution in [1.82, 2.24) is 30.8 Å². The first-order valence-electron chi connectivity index (χ1n) is 19.0. The molecular weight excluding hydrogens is 727 g/mol. The lowest BCUT2D eigenvalue weighted by atomic mass is 9.81. The fourth-order valence-electron chi connectivity index (χ4n) is 7.91. The van der Waals surface area contributed by atoms with Gasteiger partial charge in [0.25, 0.3) is 5.56 Å². The van der Waals surface area contributed by atoms with Crippen LogP contribution in [0.2, 0.25) is 0 Å². The van der Waals surface area contributed by atoms with E-state index in [0.29, 0.717) is 47.3 Å². The van der Waals surface area contributed by atoms with Gasteiger partial charge in [0.2, 0.25) is 17.7 Å². The standard InChI is InChI=1S/C39H49FN8O8/c1-5-39(55)23-14-28-33-21(16-48(28)36(52)22(23)17-56-37(39)53)31-25(11-10-20-19(4)24(40)15-27(46-33)30(20)31)45-29(49)9-7-12-43-34(50)26(8-6-13-44-38(42)54)47-35(51)32(41)18(2)3/h14-15,18,25-26,32,55H,5-13,16-17,41H2,1-4H3,(H,43,50)(H,45,49)(H,47,51)(H3,42,44,54)/t25-,26-,32-,39-/m0/s1. The van der Waals surface area contributed by atoms with Gasteiger partial charge in [0, 0.05) is 42.1 Å². The highest BCUT2D eigenvalue weighted by molar-refractivity contribution is 5.94. The van der Waals surface area contributed by atoms with E-state index >= 15 is 4.39 Å². The first-order chi connectivity index (χ1) is 26.6. The van der Waals surface area contributed by atoms with Crippen LogP contribution in [0.5, 0.6) is 0 Å². The van der Waals surface area contributed by atoms with Crippen LogP contribution in [-0.2, 0) is 49.1 Å². The Hall–Kier alpha value is -5.42. The zero-order valence-corrected chi connectivity index (χ0v) is 32.0. The van der Waals surface area contributed by atoms with E-state index in [4.69, 9.17) is 21.2 Å². The minimum atomic E-state index is -2.01. The monoisotopic (exact) mass is 776 g/mol. The third-order valence-corrected chi connectivity index (χ3v) is 11.2. The van der Waals surface area contributed by atoms with Gasteiger partial charge in [-0.25, -0.2) is 19.0 Å². The molecule has 0 unspecified atom stereocenters. The van der Waals surface area contributed by atoms with Crippen molar-refractivity contribution in [1.29, 1.82) is 0 Å². The maximum atomic E-state index is 15.3. The maximum absolute atomic E-state index is 15.3. The number of hydrogen-bond acceptors (Lipinski definition) is 10. The molecule has 1 aromatic carbocycles. The summed E-state index contributed by atoms with van der Waals surface area (Å²) in [6, 6.07) is -0.00570. The summed E-state index contributed by atoms with van der Waals surface area (Å²) in [5.41, 5.74) is 12.8. The molecule has 9 N–H and O–H groups in total. The summed E-state index contributed by atoms with van der Waals surface area (Å²) in [5.74, 6) is -2.65. The molecule has 0 bridgehead atoms. The Balaban J connectivity index is 1.20. The Labute approximate surface area is 322 Å². The molecule has 56 heavy (non-hydrogen) atoms. The van der Waals surface area contributed by atoms with E-state index < -0.39 is 58.9 Å². The van der Waals surface area contributed by atoms with E-state index in [1.807, 2.05) is 0 Å². The van der Waals surface area contributed by atoms with Gasteiger partial charge in [-0.05, 0) is 74.1 Å². The smallest absolute Gasteiger partial charge is 0.343 e. The number of aliphatic hydroxyl groups is 1. The number of primary amides is 1. The van der Waals surface area contributed by atoms with Gasteiger partial charge in [-0.1, -0.05) is 20.8 Å². The summed E-state index contributed by atoms with van der Waals surface area (Å²) < 4.78 is 22.0. The summed E-state index contributed by atoms with van der Waals surface area (Å²) >= 11 is 0. The lowest BCUT2D eigenvalue weighted by molar-refractivity contribution is -0.172. The molecule has 300 valence electrons. The lowest BCUT2D eigenvalue weighted by Crippen LogP contribution is -2.53. The number of hydrogen-bond donors (Lipinski definition) is 7. The molecule has 3 aliphatic rings. The fraction of sp³-hybridized carbons (Fsp3) is 0.513. The van der Waals surface area contributed by atoms with E-state index in [1.165, 1.54) is 10.6 Å². The molecule has 0 fully saturated rings. The van der Waals surface area contributed by atoms with Crippen molar-refractivity contribution >= 4 is 40.6 Å². The van der Waals surface area contributed by atoms with E-state index in [1.54, 1.807) is 33.8 Å². The molecule has 6 rings (SSSR count). The number of nitrogens with two attached hydrogens (primary N) is 2. The summed E-state index contributed by atoms with van der Waals surface area (Å²) in [6.07, 6.45) is 1.81. The van der Waals surface area contributed by atoms with E-state index in [2.05, 4.69) is 21.3 Å². The molecule has 0 radical (unpaired) electrons. The molecule has 4 heterocycles. The first kappa shape index (κ1) is 40.2. The fourth-order valence-corrected chi connectivity index (χ4v) is 7.91. The first-order valence-corrected chi connectivity index (χ1v) is 19.0. The second-order valence-electron chi connectivity index (χ2n) is 15.1. The molecule has 0 saturated heterocycles. The van der Waals surface area contributed by atoms with Crippen molar-refractivity contribution < 1.29 is 38.2 Å². The Kier molecular flexibility index (Phi) is 11.5. The van der Waals surface area contributed by atoms with Crippen LogP contribution < -0.4 is 38.3 Å². The number of fused-ring (bicyclic) bond motifs is 5. The van der Waals surface area contributed by atoms with Gasteiger partial charge in [0.15, 0.2) is 5.60 Å². The van der Waals surface area contributed by atoms with Crippen LogP contribution in [0.25, 0.3) is 22.3 Å². The van der Waals surface area contributed by atoms with Gasteiger partial charge in [-0.15, -0.1) is 0 Å². The number of amides is 5. The average molecular weight is 777 g/mol. The van der Waals surface area contributed by atoms with Crippen molar-refractivity contribution in [2.75, 3.05) is 13.1 Å². The number of cyclic esters (lactones) is 1. The second-order valence-corrected chi connectivity index (χ2v) is 15.1. The predicted octanol–water partition coefficient (Wildman–Crippen LogP) is 1.44. The van der Waals surface area contributed by atoms with Crippen molar-refractivity contribution in [2.24, 2.45) is 17.4 Å². The minimum Gasteiger partial charge on any atom is -0.458 e. The van der Waals surface area contributed by atoms with Gasteiger partial charge < -0.3 is 47.1 Å². The number of rotatable bonds is 14. The van der Waals surface area contributed by atoms with Crippen LogP contribution in [0, 0.1) is 18.7 Å². The van der Waals surface area contributed by atoms with Gasteiger partial charge in [0.05, 0.1) is 41.1 Å². The number of nitrogens with zero attached hydrogens (tertiary/aromatic N) is 2. The number of nitrogens with one attached hydrogen (secondary N) is 4. The van der Waals surface area contributed by atoms with Crippen molar-refractivity contribution in [3.8, 4) is 11.4 Å². The summed E-state index contributed by atoms with van der Waals surface area (Å²) in [4.78, 5) is 81.8. The van der Waals surface area contributed by atoms with Crippen molar-refractivity contribution in [3.05, 3.63) is 61.7 Å². The minimum absolute atomic E-state index is 0.0170. The number of aromatic nitrogens is 2. The van der Waals surface area contributed by atoms with Crippen LogP contribution in [0.1, 0.15) is 98.7 Å². The molecule has 0 saturated carbocycles. The van der Waals surface area contributed by atoms with E-state index in [0.717, 1.165) is 16.5 Å². The molecule has 3 aromatic rings. The highest BCUT2D eigenvalue weighted by atomic mass is 19.1. The number of halogens is 1. The van der Waals surface area contributed by atoms with Crippen LogP contribution in [-0.4, -0.2) is 69.6 Å². The Bertz CT molecular complexity index is 2190. The Morgan fingerprint density at radius 1 is 1.09 bits per heavy atom. The maximum Gasteiger partial charge on any atom is 0.343 e. The molecular formula is C39H49FN8O8. The van der Waals surface area contributed by atoms with Crippen LogP contribution in [0.3, 0.4) is 0 Å². The lowest BCUT2D eigenvalue weighted by Gasteiger charge is -2.31. The summed E-state index contributed by atoms with van der Waals surface area (Å²) in [7, 11) is 0. The summed E-state index contributed by atoms with van der Waals surface area (Å²) in [6.45, 7) is 7.08. The predicted molar refractivity (Wildman–Crippen MR) is 202 cm³/mol. The number of pyridine rings is 2. The number of carbonyl (C=O) groups excluding carboxylic acids is 5. The SMILES string of the molecule is CC[C@@]1(O)C(=O)OCc2c1cc1n(c2=O)Cc2c-1nc1cc(F)c(C)c3c1c2[C@@H](NC(=O)CCCNC(=O)[C@H](CCCNC(N)=O)NC(=O)[C@@H](N)C(C)C)CC3. The second kappa shape index (κ2) is 16.0. The van der Waals surface area contributed by atoms with Crippen LogP contribution in [0.4, 0.5) is 9.18 Å². The highest BCUT2D eigenvalue weighted by Gasteiger charge is 2.46. The van der Waals surface area contributed by atoms with Crippen LogP contribution >= 0.6 is 0 Å². The van der Waals surface area contributed by atoms with Gasteiger partial charge in [0.1, 0.15) is 18.5 Å². The highest BCUT2D eigenvalue weighted by Crippen LogP contribution is 2.46. The molecule has 4 atom stereocenters. The van der Waals surface area contributed by atoms with Gasteiger partial charge in [-0.2, -0.15) is 0 Å². The molecule has 5 amide bonds. The van der Waals surface area contributed by atoms with Crippen LogP contribution in [0.15, 0.2) is 16.9 Å². The number of aryl methyl sites for hydroxylation is 1. The Morgan fingerprint density at radius 2 is 1.82 bits per heavy atom. The van der Waals surface area contributed by atoms with Crippen molar-refractivity contribution in [3.63, 3.8) is 0 Å². The molecule has 2 aromatic heterocycles. The third-order valence-electron chi connectivity index (χ3n) is 11.2. The zero-order chi connectivity index (χ0) is 40.6. The number of urea groups is 1. The molecule has 16 nitrogen and oxygen atoms in total. The van der Waals surface area contributed by atoms with Gasteiger partial charge >= 0.3 is 12.0 Å². The molecule has 17 heteroatoms. The van der Waals surface area contributed by atoms with Gasteiger partial charge in [-0.3, -0.25) is 19.2 Å². The topological polar surface area (TPSA) is 250 Å². The number of benzene rings is 1. The quantitative estimate of drug-likeness (QED) is 0.0717. The zero-order valence-electron chi connectivity index (χ0n) is 32.0. The normalized spacial score (nSPS) is 19.0. The average Bonchev–Trinajstić information content (AvgIpc) is 3.53. The number of carbonyl (C=O) groups is 5. The number of esters is 1. The number of ether oxygens (including phenoxy) is 1. The van der Waals surface area contributed by atoms with Crippen molar-refractivity contribution in [2.45, 2.75) is 110 Å². The van der Waals surface area contributed by atoms with E-state index in [-0.39, 0.29) is 74.9 Å². The molecule has 2 aliphatic heterocycles. The van der Waals surface area contributed by atoms with E-state index in [9.17, 15) is 33.9 Å². The molecule has 1 aliphatic carbocycles. The molecule has 0 spiro atoms.